The van der Waals surface area contributed by atoms with Crippen molar-refractivity contribution in [3.8, 4) is 11.5 Å². The number of carbonyl (C=O) groups excluding carboxylic acids is 1. The van der Waals surface area contributed by atoms with Gasteiger partial charge in [-0.2, -0.15) is 0 Å². The summed E-state index contributed by atoms with van der Waals surface area (Å²) in [6.07, 6.45) is 1.67. The molecule has 0 N–H and O–H groups in total. The summed E-state index contributed by atoms with van der Waals surface area (Å²) in [7, 11) is 4.25. The molecule has 0 aliphatic carbocycles. The maximum absolute atomic E-state index is 13.6. The number of fused-ring (bicyclic) bond motifs is 1. The molecule has 2 heterocycles. The van der Waals surface area contributed by atoms with Crippen LogP contribution in [0.15, 0.2) is 57.5 Å². The van der Waals surface area contributed by atoms with Gasteiger partial charge in [-0.1, -0.05) is 35.1 Å². The molecule has 0 amide bonds. The number of ether oxygens (including phenoxy) is 3. The third-order valence-electron chi connectivity index (χ3n) is 5.61. The molecule has 0 bridgehead atoms. The number of carbonyl (C=O) groups is 1. The standard InChI is InChI=1S/C24H20ClN3O7S/c1-12-20(23(30)35-4)21(14-6-7-15(25)16(11-14)28(31)32)27-22(29)19(36-24(27)26-12)10-13-5-8-17(33-2)18(9-13)34-3/h5-11,21H,1-4H3. The first kappa shape index (κ1) is 25.1. The summed E-state index contributed by atoms with van der Waals surface area (Å²) in [5.41, 5.74) is 0.660. The number of nitrogens with zero attached hydrogens (tertiary/aromatic N) is 3. The Kier molecular flexibility index (Phi) is 6.95. The Morgan fingerprint density at radius 3 is 2.53 bits per heavy atom. The highest BCUT2D eigenvalue weighted by atomic mass is 35.5. The number of halogens is 1. The quantitative estimate of drug-likeness (QED) is 0.273. The van der Waals surface area contributed by atoms with Crippen LogP contribution in [0.3, 0.4) is 0 Å². The first-order chi connectivity index (χ1) is 17.2. The number of esters is 1. The van der Waals surface area contributed by atoms with E-state index in [9.17, 15) is 19.7 Å². The molecule has 186 valence electrons. The Hall–Kier alpha value is -3.96. The highest BCUT2D eigenvalue weighted by Crippen LogP contribution is 2.35. The summed E-state index contributed by atoms with van der Waals surface area (Å²) in [4.78, 5) is 42.1. The van der Waals surface area contributed by atoms with E-state index >= 15 is 0 Å². The molecule has 12 heteroatoms. The zero-order valence-electron chi connectivity index (χ0n) is 19.6. The molecule has 2 aromatic carbocycles. The van der Waals surface area contributed by atoms with E-state index in [1.165, 1.54) is 44.1 Å². The number of nitro groups is 1. The second kappa shape index (κ2) is 9.96. The number of aromatic nitrogens is 1. The molecule has 4 rings (SSSR count). The smallest absolute Gasteiger partial charge is 0.338 e. The average molecular weight is 530 g/mol. The van der Waals surface area contributed by atoms with Crippen LogP contribution in [0.1, 0.15) is 24.1 Å². The van der Waals surface area contributed by atoms with Crippen molar-refractivity contribution in [1.29, 1.82) is 0 Å². The predicted octanol–water partition coefficient (Wildman–Crippen LogP) is 2.99. The van der Waals surface area contributed by atoms with E-state index in [-0.39, 0.29) is 16.3 Å². The van der Waals surface area contributed by atoms with Crippen molar-refractivity contribution in [1.82, 2.24) is 4.57 Å². The van der Waals surface area contributed by atoms with Crippen molar-refractivity contribution in [2.75, 3.05) is 21.3 Å². The summed E-state index contributed by atoms with van der Waals surface area (Å²) in [6, 6.07) is 8.35. The lowest BCUT2D eigenvalue weighted by Crippen LogP contribution is -2.39. The molecule has 0 saturated heterocycles. The lowest BCUT2D eigenvalue weighted by Gasteiger charge is -2.24. The van der Waals surface area contributed by atoms with Gasteiger partial charge in [0.1, 0.15) is 5.02 Å². The number of benzene rings is 2. The number of rotatable bonds is 6. The van der Waals surface area contributed by atoms with E-state index < -0.39 is 22.5 Å². The number of hydrogen-bond donors (Lipinski definition) is 0. The molecule has 10 nitrogen and oxygen atoms in total. The van der Waals surface area contributed by atoms with Gasteiger partial charge in [-0.25, -0.2) is 9.79 Å². The van der Waals surface area contributed by atoms with Gasteiger partial charge in [-0.3, -0.25) is 19.5 Å². The lowest BCUT2D eigenvalue weighted by atomic mass is 9.95. The Morgan fingerprint density at radius 2 is 1.89 bits per heavy atom. The number of thiazole rings is 1. The van der Waals surface area contributed by atoms with Crippen molar-refractivity contribution in [2.45, 2.75) is 13.0 Å². The molecule has 3 aromatic rings. The van der Waals surface area contributed by atoms with Gasteiger partial charge in [0.2, 0.25) is 0 Å². The maximum atomic E-state index is 13.6. The van der Waals surface area contributed by atoms with Crippen LogP contribution in [0.2, 0.25) is 5.02 Å². The van der Waals surface area contributed by atoms with Crippen molar-refractivity contribution in [3.05, 3.63) is 93.6 Å². The Bertz CT molecular complexity index is 1610. The van der Waals surface area contributed by atoms with E-state index in [1.807, 2.05) is 0 Å². The number of hydrogen-bond acceptors (Lipinski definition) is 9. The van der Waals surface area contributed by atoms with Crippen LogP contribution in [0.4, 0.5) is 5.69 Å². The number of methoxy groups -OCH3 is 3. The number of nitro benzene ring substituents is 1. The summed E-state index contributed by atoms with van der Waals surface area (Å²) >= 11 is 7.13. The second-order valence-corrected chi connectivity index (χ2v) is 9.07. The van der Waals surface area contributed by atoms with Gasteiger partial charge < -0.3 is 14.2 Å². The van der Waals surface area contributed by atoms with Crippen molar-refractivity contribution < 1.29 is 23.9 Å². The lowest BCUT2D eigenvalue weighted by molar-refractivity contribution is -0.384. The highest BCUT2D eigenvalue weighted by molar-refractivity contribution is 7.07. The summed E-state index contributed by atoms with van der Waals surface area (Å²) in [6.45, 7) is 1.62. The molecule has 1 aromatic heterocycles. The van der Waals surface area contributed by atoms with E-state index in [0.717, 1.165) is 11.3 Å². The average Bonchev–Trinajstić information content (AvgIpc) is 3.16. The molecule has 0 saturated carbocycles. The van der Waals surface area contributed by atoms with Crippen molar-refractivity contribution in [3.63, 3.8) is 0 Å². The van der Waals surface area contributed by atoms with Gasteiger partial charge in [-0.15, -0.1) is 0 Å². The Balaban J connectivity index is 1.97. The van der Waals surface area contributed by atoms with E-state index in [2.05, 4.69) is 4.99 Å². The van der Waals surface area contributed by atoms with Crippen LogP contribution in [0.25, 0.3) is 6.08 Å². The van der Waals surface area contributed by atoms with Crippen LogP contribution in [-0.4, -0.2) is 36.8 Å². The molecule has 1 aliphatic heterocycles. The molecule has 0 fully saturated rings. The van der Waals surface area contributed by atoms with E-state index in [4.69, 9.17) is 25.8 Å². The zero-order valence-corrected chi connectivity index (χ0v) is 21.2. The predicted molar refractivity (Wildman–Crippen MR) is 133 cm³/mol. The first-order valence-corrected chi connectivity index (χ1v) is 11.7. The third-order valence-corrected chi connectivity index (χ3v) is 6.92. The van der Waals surface area contributed by atoms with Crippen molar-refractivity contribution >= 4 is 40.7 Å². The Labute approximate surface area is 213 Å². The van der Waals surface area contributed by atoms with Gasteiger partial charge in [0.15, 0.2) is 16.3 Å². The maximum Gasteiger partial charge on any atom is 0.338 e. The fraction of sp³-hybridized carbons (Fsp3) is 0.208. The van der Waals surface area contributed by atoms with Gasteiger partial charge in [0.05, 0.1) is 48.1 Å². The minimum absolute atomic E-state index is 0.0649. The summed E-state index contributed by atoms with van der Waals surface area (Å²) in [5, 5.41) is 11.5. The molecule has 1 aliphatic rings. The Morgan fingerprint density at radius 1 is 1.17 bits per heavy atom. The topological polar surface area (TPSA) is 122 Å². The van der Waals surface area contributed by atoms with Crippen LogP contribution in [0.5, 0.6) is 11.5 Å². The monoisotopic (exact) mass is 529 g/mol. The first-order valence-electron chi connectivity index (χ1n) is 10.5. The van der Waals surface area contributed by atoms with Crippen LogP contribution in [0, 0.1) is 10.1 Å². The van der Waals surface area contributed by atoms with Crippen LogP contribution in [-0.2, 0) is 9.53 Å². The van der Waals surface area contributed by atoms with Gasteiger partial charge >= 0.3 is 5.97 Å². The highest BCUT2D eigenvalue weighted by Gasteiger charge is 2.34. The van der Waals surface area contributed by atoms with Crippen molar-refractivity contribution in [2.24, 2.45) is 4.99 Å². The molecular weight excluding hydrogens is 510 g/mol. The zero-order chi connectivity index (χ0) is 26.1. The van der Waals surface area contributed by atoms with Gasteiger partial charge in [-0.05, 0) is 42.3 Å². The minimum atomic E-state index is -1.00. The van der Waals surface area contributed by atoms with Gasteiger partial charge in [0.25, 0.3) is 11.2 Å². The summed E-state index contributed by atoms with van der Waals surface area (Å²) in [5.74, 6) is 0.334. The minimum Gasteiger partial charge on any atom is -0.493 e. The largest absolute Gasteiger partial charge is 0.493 e. The van der Waals surface area contributed by atoms with E-state index in [0.29, 0.717) is 37.7 Å². The fourth-order valence-electron chi connectivity index (χ4n) is 3.94. The SMILES string of the molecule is COC(=O)C1=C(C)N=c2sc(=Cc3ccc(OC)c(OC)c3)c(=O)n2C1c1ccc(Cl)c([N+](=O)[O-])c1. The van der Waals surface area contributed by atoms with Crippen LogP contribution < -0.4 is 24.4 Å². The molecule has 0 radical (unpaired) electrons. The molecule has 1 atom stereocenters. The molecule has 1 unspecified atom stereocenters. The number of allylic oxidation sites excluding steroid dienone is 1. The van der Waals surface area contributed by atoms with E-state index in [1.54, 1.807) is 31.2 Å². The second-order valence-electron chi connectivity index (χ2n) is 7.66. The van der Waals surface area contributed by atoms with Gasteiger partial charge in [0, 0.05) is 6.07 Å². The normalized spacial score (nSPS) is 15.2. The molecule has 0 spiro atoms. The molecular formula is C24H20ClN3O7S. The summed E-state index contributed by atoms with van der Waals surface area (Å²) < 4.78 is 17.2. The van der Waals surface area contributed by atoms with Crippen LogP contribution >= 0.6 is 22.9 Å². The third kappa shape index (κ3) is 4.38. The fourth-order valence-corrected chi connectivity index (χ4v) is 5.17. The molecule has 36 heavy (non-hydrogen) atoms.